The highest BCUT2D eigenvalue weighted by molar-refractivity contribution is 6.35. The Kier molecular flexibility index (Phi) is 6.77. The normalized spacial score (nSPS) is 14.7. The van der Waals surface area contributed by atoms with Crippen LogP contribution in [0.4, 0.5) is 5.69 Å². The van der Waals surface area contributed by atoms with Crippen molar-refractivity contribution in [1.82, 2.24) is 4.90 Å². The topological polar surface area (TPSA) is 71.8 Å². The van der Waals surface area contributed by atoms with Gasteiger partial charge in [0.2, 0.25) is 11.2 Å². The van der Waals surface area contributed by atoms with Crippen molar-refractivity contribution in [2.75, 3.05) is 25.0 Å². The van der Waals surface area contributed by atoms with E-state index < -0.39 is 5.91 Å². The van der Waals surface area contributed by atoms with Crippen LogP contribution < -0.4 is 15.5 Å². The minimum Gasteiger partial charge on any atom is -0.477 e. The predicted molar refractivity (Wildman–Crippen MR) is 105 cm³/mol. The van der Waals surface area contributed by atoms with Gasteiger partial charge < -0.3 is 14.5 Å². The second-order valence-electron chi connectivity index (χ2n) is 6.37. The summed E-state index contributed by atoms with van der Waals surface area (Å²) in [4.78, 5) is 26.4. The lowest BCUT2D eigenvalue weighted by Gasteiger charge is -2.25. The van der Waals surface area contributed by atoms with Gasteiger partial charge in [-0.1, -0.05) is 29.6 Å². The molecule has 6 nitrogen and oxygen atoms in total. The molecule has 0 spiro atoms. The molecule has 0 aliphatic carbocycles. The Hall–Kier alpha value is -2.02. The smallest absolute Gasteiger partial charge is 0.262 e. The maximum absolute atomic E-state index is 12.2. The molecule has 1 fully saturated rings. The molecule has 1 amide bonds. The largest absolute Gasteiger partial charge is 0.477 e. The molecule has 1 aliphatic rings. The molecule has 0 saturated carbocycles. The van der Waals surface area contributed by atoms with E-state index in [0.717, 1.165) is 25.9 Å². The number of halogens is 2. The van der Waals surface area contributed by atoms with Crippen molar-refractivity contribution in [2.24, 2.45) is 0 Å². The fraction of sp³-hybridized carbons (Fsp3) is 0.368. The van der Waals surface area contributed by atoms with Crippen molar-refractivity contribution in [3.8, 4) is 5.75 Å². The van der Waals surface area contributed by atoms with Gasteiger partial charge in [0, 0.05) is 11.1 Å². The number of carbonyl (C=O) groups excluding carboxylic acids is 1. The van der Waals surface area contributed by atoms with Crippen LogP contribution >= 0.6 is 23.2 Å². The highest BCUT2D eigenvalue weighted by atomic mass is 35.5. The quantitative estimate of drug-likeness (QED) is 0.780. The van der Waals surface area contributed by atoms with Gasteiger partial charge in [-0.25, -0.2) is 0 Å². The number of nitrogens with zero attached hydrogens (tertiary/aromatic N) is 1. The summed E-state index contributed by atoms with van der Waals surface area (Å²) in [5.74, 6) is 0.116. The Morgan fingerprint density at radius 1 is 1.19 bits per heavy atom. The van der Waals surface area contributed by atoms with Crippen molar-refractivity contribution in [3.05, 3.63) is 56.6 Å². The number of piperidine rings is 1. The second kappa shape index (κ2) is 9.26. The summed E-state index contributed by atoms with van der Waals surface area (Å²) in [5, 5.41) is 3.39. The molecule has 1 saturated heterocycles. The summed E-state index contributed by atoms with van der Waals surface area (Å²) in [7, 11) is 0. The second-order valence-corrected chi connectivity index (χ2v) is 7.22. The summed E-state index contributed by atoms with van der Waals surface area (Å²) in [6, 6.07) is 6.14. The van der Waals surface area contributed by atoms with E-state index in [9.17, 15) is 9.59 Å². The first-order chi connectivity index (χ1) is 13.0. The molecule has 2 heterocycles. The zero-order chi connectivity index (χ0) is 19.2. The number of ether oxygens (including phenoxy) is 1. The molecule has 1 N–H and O–H groups in total. The van der Waals surface area contributed by atoms with Crippen molar-refractivity contribution in [1.29, 1.82) is 0 Å². The van der Waals surface area contributed by atoms with Gasteiger partial charge in [-0.15, -0.1) is 0 Å². The number of nitrogens with one attached hydrogen (secondary N) is 1. The first kappa shape index (κ1) is 19.7. The van der Waals surface area contributed by atoms with Crippen molar-refractivity contribution in [2.45, 2.75) is 25.8 Å². The van der Waals surface area contributed by atoms with Gasteiger partial charge in [-0.2, -0.15) is 0 Å². The van der Waals surface area contributed by atoms with Crippen molar-refractivity contribution in [3.63, 3.8) is 0 Å². The van der Waals surface area contributed by atoms with E-state index in [1.807, 2.05) is 0 Å². The molecule has 1 aromatic heterocycles. The Labute approximate surface area is 167 Å². The van der Waals surface area contributed by atoms with Gasteiger partial charge in [0.25, 0.3) is 5.91 Å². The van der Waals surface area contributed by atoms with E-state index in [-0.39, 0.29) is 17.8 Å². The molecule has 1 aliphatic heterocycles. The van der Waals surface area contributed by atoms with E-state index in [2.05, 4.69) is 10.2 Å². The van der Waals surface area contributed by atoms with E-state index in [1.165, 1.54) is 24.8 Å². The Morgan fingerprint density at radius 3 is 2.70 bits per heavy atom. The Morgan fingerprint density at radius 2 is 1.96 bits per heavy atom. The molecule has 0 unspecified atom stereocenters. The minimum absolute atomic E-state index is 0.00950. The van der Waals surface area contributed by atoms with Crippen molar-refractivity contribution < 1.29 is 13.9 Å². The number of likely N-dealkylation sites (tertiary alicyclic amines) is 1. The Balaban J connectivity index is 1.55. The first-order valence-corrected chi connectivity index (χ1v) is 9.48. The molecule has 8 heteroatoms. The lowest BCUT2D eigenvalue weighted by atomic mass is 10.1. The first-order valence-electron chi connectivity index (χ1n) is 8.73. The molecular weight excluding hydrogens is 391 g/mol. The number of hydrogen-bond acceptors (Lipinski definition) is 5. The van der Waals surface area contributed by atoms with Gasteiger partial charge in [-0.3, -0.25) is 14.5 Å². The molecule has 144 valence electrons. The maximum atomic E-state index is 12.2. The third-order valence-corrected chi connectivity index (χ3v) is 4.81. The molecule has 27 heavy (non-hydrogen) atoms. The summed E-state index contributed by atoms with van der Waals surface area (Å²) >= 11 is 11.9. The number of rotatable bonds is 6. The summed E-state index contributed by atoms with van der Waals surface area (Å²) < 4.78 is 10.8. The van der Waals surface area contributed by atoms with Gasteiger partial charge in [0.15, 0.2) is 6.61 Å². The minimum atomic E-state index is -0.462. The lowest BCUT2D eigenvalue weighted by Crippen LogP contribution is -2.29. The van der Waals surface area contributed by atoms with E-state index in [1.54, 1.807) is 12.1 Å². The Bertz CT molecular complexity index is 863. The van der Waals surface area contributed by atoms with Crippen LogP contribution in [0.15, 0.2) is 39.7 Å². The molecule has 3 rings (SSSR count). The standard InChI is InChI=1S/C19H20Cl2N2O4/c20-13-4-5-15(21)16(8-13)22-19(25)12-27-18-11-26-14(9-17(18)24)10-23-6-2-1-3-7-23/h4-5,8-9,11H,1-3,6-7,10,12H2,(H,22,25). The number of benzene rings is 1. The van der Waals surface area contributed by atoms with Crippen LogP contribution in [-0.2, 0) is 11.3 Å². The molecule has 0 atom stereocenters. The van der Waals surface area contributed by atoms with Crippen molar-refractivity contribution >= 4 is 34.8 Å². The zero-order valence-corrected chi connectivity index (χ0v) is 16.2. The third kappa shape index (κ3) is 5.73. The molecular formula is C19H20Cl2N2O4. The van der Waals surface area contributed by atoms with Gasteiger partial charge in [0.1, 0.15) is 12.0 Å². The number of anilines is 1. The third-order valence-electron chi connectivity index (χ3n) is 4.24. The number of hydrogen-bond donors (Lipinski definition) is 1. The molecule has 0 radical (unpaired) electrons. The van der Waals surface area contributed by atoms with Crippen LogP contribution in [0.5, 0.6) is 5.75 Å². The predicted octanol–water partition coefficient (Wildman–Crippen LogP) is 3.95. The fourth-order valence-electron chi connectivity index (χ4n) is 2.89. The molecule has 0 bridgehead atoms. The maximum Gasteiger partial charge on any atom is 0.262 e. The van der Waals surface area contributed by atoms with Gasteiger partial charge in [0.05, 0.1) is 17.3 Å². The van der Waals surface area contributed by atoms with Crippen LogP contribution in [-0.4, -0.2) is 30.5 Å². The summed E-state index contributed by atoms with van der Waals surface area (Å²) in [6.45, 7) is 2.27. The SMILES string of the molecule is O=C(COc1coc(CN2CCCCC2)cc1=O)Nc1cc(Cl)ccc1Cl. The van der Waals surface area contributed by atoms with E-state index >= 15 is 0 Å². The van der Waals surface area contributed by atoms with Crippen LogP contribution in [0.25, 0.3) is 0 Å². The average molecular weight is 411 g/mol. The monoisotopic (exact) mass is 410 g/mol. The number of carbonyl (C=O) groups is 1. The van der Waals surface area contributed by atoms with Crippen LogP contribution in [0.1, 0.15) is 25.0 Å². The number of amides is 1. The molecule has 2 aromatic rings. The van der Waals surface area contributed by atoms with Gasteiger partial charge in [-0.05, 0) is 44.1 Å². The summed E-state index contributed by atoms with van der Waals surface area (Å²) in [5.41, 5.74) is 0.0588. The van der Waals surface area contributed by atoms with E-state index in [4.69, 9.17) is 32.4 Å². The fourth-order valence-corrected chi connectivity index (χ4v) is 3.22. The molecule has 1 aromatic carbocycles. The lowest BCUT2D eigenvalue weighted by molar-refractivity contribution is -0.118. The van der Waals surface area contributed by atoms with Crippen LogP contribution in [0.2, 0.25) is 10.0 Å². The van der Waals surface area contributed by atoms with E-state index in [0.29, 0.717) is 28.0 Å². The van der Waals surface area contributed by atoms with Gasteiger partial charge >= 0.3 is 0 Å². The average Bonchev–Trinajstić information content (AvgIpc) is 2.65. The highest BCUT2D eigenvalue weighted by Gasteiger charge is 2.14. The highest BCUT2D eigenvalue weighted by Crippen LogP contribution is 2.25. The zero-order valence-electron chi connectivity index (χ0n) is 14.7. The summed E-state index contributed by atoms with van der Waals surface area (Å²) in [6.07, 6.45) is 4.82. The van der Waals surface area contributed by atoms with Crippen LogP contribution in [0.3, 0.4) is 0 Å². The van der Waals surface area contributed by atoms with Crippen LogP contribution in [0, 0.1) is 0 Å².